The van der Waals surface area contributed by atoms with Gasteiger partial charge in [0.15, 0.2) is 0 Å². The van der Waals surface area contributed by atoms with Crippen LogP contribution >= 0.6 is 11.3 Å². The highest BCUT2D eigenvalue weighted by Gasteiger charge is 2.19. The second kappa shape index (κ2) is 8.45. The van der Waals surface area contributed by atoms with Crippen LogP contribution in [0.4, 0.5) is 5.69 Å². The van der Waals surface area contributed by atoms with Gasteiger partial charge in [-0.15, -0.1) is 11.3 Å². The molecule has 1 atom stereocenters. The summed E-state index contributed by atoms with van der Waals surface area (Å²) in [7, 11) is 0. The maximum absolute atomic E-state index is 12.1. The van der Waals surface area contributed by atoms with E-state index in [1.807, 2.05) is 12.3 Å². The number of hydrogen-bond acceptors (Lipinski definition) is 5. The summed E-state index contributed by atoms with van der Waals surface area (Å²) in [4.78, 5) is 21.5. The van der Waals surface area contributed by atoms with E-state index in [0.29, 0.717) is 5.69 Å². The van der Waals surface area contributed by atoms with E-state index in [1.54, 1.807) is 11.3 Å². The van der Waals surface area contributed by atoms with E-state index in [4.69, 9.17) is 0 Å². The molecule has 0 aliphatic carbocycles. The second-order valence-electron chi connectivity index (χ2n) is 6.51. The molecule has 1 fully saturated rings. The zero-order valence-corrected chi connectivity index (χ0v) is 15.8. The summed E-state index contributed by atoms with van der Waals surface area (Å²) in [6.45, 7) is 8.98. The zero-order chi connectivity index (χ0) is 17.6. The van der Waals surface area contributed by atoms with Gasteiger partial charge < -0.3 is 10.2 Å². The molecule has 1 aromatic carbocycles. The third kappa shape index (κ3) is 4.80. The van der Waals surface area contributed by atoms with Crippen LogP contribution < -0.4 is 10.2 Å². The first kappa shape index (κ1) is 17.9. The number of para-hydroxylation sites is 1. The molecule has 2 heterocycles. The minimum atomic E-state index is -0.0641. The lowest BCUT2D eigenvalue weighted by Gasteiger charge is -2.35. The zero-order valence-electron chi connectivity index (χ0n) is 14.9. The number of thiazole rings is 1. The van der Waals surface area contributed by atoms with Crippen LogP contribution in [0.2, 0.25) is 0 Å². The molecule has 1 aliphatic heterocycles. The van der Waals surface area contributed by atoms with E-state index < -0.39 is 0 Å². The molecule has 2 aromatic rings. The predicted octanol–water partition coefficient (Wildman–Crippen LogP) is 2.99. The number of carbonyl (C=O) groups excluding carboxylic acids is 1. The van der Waals surface area contributed by atoms with Gasteiger partial charge in [0.2, 0.25) is 0 Å². The fourth-order valence-electron chi connectivity index (χ4n) is 2.88. The number of aromatic nitrogens is 1. The van der Waals surface area contributed by atoms with Gasteiger partial charge in [-0.1, -0.05) is 25.1 Å². The summed E-state index contributed by atoms with van der Waals surface area (Å²) in [6, 6.07) is 10.7. The van der Waals surface area contributed by atoms with Crippen molar-refractivity contribution >= 4 is 22.9 Å². The van der Waals surface area contributed by atoms with Crippen LogP contribution in [0, 0.1) is 0 Å². The molecule has 1 aliphatic rings. The van der Waals surface area contributed by atoms with Crippen molar-refractivity contribution in [3.8, 4) is 0 Å². The van der Waals surface area contributed by atoms with Crippen molar-refractivity contribution in [2.75, 3.05) is 31.1 Å². The highest BCUT2D eigenvalue weighted by atomic mass is 32.1. The first-order chi connectivity index (χ1) is 12.2. The smallest absolute Gasteiger partial charge is 0.270 e. The number of benzene rings is 1. The Balaban J connectivity index is 1.50. The normalized spacial score (nSPS) is 16.6. The fraction of sp³-hybridized carbons (Fsp3) is 0.474. The molecule has 0 spiro atoms. The van der Waals surface area contributed by atoms with Crippen molar-refractivity contribution in [2.45, 2.75) is 32.9 Å². The minimum Gasteiger partial charge on any atom is -0.369 e. The molecule has 25 heavy (non-hydrogen) atoms. The van der Waals surface area contributed by atoms with E-state index in [2.05, 4.69) is 57.4 Å². The molecule has 0 bridgehead atoms. The monoisotopic (exact) mass is 358 g/mol. The first-order valence-electron chi connectivity index (χ1n) is 8.93. The molecule has 1 saturated heterocycles. The number of anilines is 1. The number of rotatable bonds is 6. The Hall–Kier alpha value is -1.92. The number of nitrogens with zero attached hydrogens (tertiary/aromatic N) is 3. The van der Waals surface area contributed by atoms with Gasteiger partial charge in [0.25, 0.3) is 5.91 Å². The van der Waals surface area contributed by atoms with E-state index in [9.17, 15) is 4.79 Å². The van der Waals surface area contributed by atoms with Gasteiger partial charge in [-0.3, -0.25) is 9.69 Å². The number of amides is 1. The van der Waals surface area contributed by atoms with Gasteiger partial charge in [-0.25, -0.2) is 4.98 Å². The Morgan fingerprint density at radius 2 is 1.96 bits per heavy atom. The summed E-state index contributed by atoms with van der Waals surface area (Å²) >= 11 is 1.58. The molecule has 134 valence electrons. The maximum Gasteiger partial charge on any atom is 0.270 e. The highest BCUT2D eigenvalue weighted by molar-refractivity contribution is 7.09. The summed E-state index contributed by atoms with van der Waals surface area (Å²) in [5.74, 6) is -0.0641. The van der Waals surface area contributed by atoms with Crippen molar-refractivity contribution < 1.29 is 4.79 Å². The Morgan fingerprint density at radius 3 is 2.64 bits per heavy atom. The maximum atomic E-state index is 12.1. The first-order valence-corrected chi connectivity index (χ1v) is 9.81. The van der Waals surface area contributed by atoms with Crippen molar-refractivity contribution in [3.05, 3.63) is 46.4 Å². The molecule has 1 aromatic heterocycles. The van der Waals surface area contributed by atoms with Gasteiger partial charge in [-0.05, 0) is 25.5 Å². The average Bonchev–Trinajstić information content (AvgIpc) is 3.11. The van der Waals surface area contributed by atoms with Crippen LogP contribution in [0.1, 0.15) is 35.8 Å². The van der Waals surface area contributed by atoms with Crippen LogP contribution in [0.5, 0.6) is 0 Å². The molecule has 3 rings (SSSR count). The number of hydrogen-bond donors (Lipinski definition) is 1. The Labute approximate surface area is 153 Å². The second-order valence-corrected chi connectivity index (χ2v) is 7.45. The number of piperazine rings is 1. The third-order valence-corrected chi connectivity index (χ3v) is 5.46. The fourth-order valence-corrected chi connectivity index (χ4v) is 3.70. The molecular formula is C19H26N4OS. The molecular weight excluding hydrogens is 332 g/mol. The standard InChI is InChI=1S/C19H26N4OS/c1-3-15(2)20-19(24)17-14-25-18(21-17)13-22-9-11-23(12-10-22)16-7-5-4-6-8-16/h4-8,14-15H,3,9-13H2,1-2H3,(H,20,24)/t15-/m0/s1. The van der Waals surface area contributed by atoms with Crippen molar-refractivity contribution in [1.82, 2.24) is 15.2 Å². The van der Waals surface area contributed by atoms with Crippen molar-refractivity contribution in [1.29, 1.82) is 0 Å². The van der Waals surface area contributed by atoms with Crippen LogP contribution in [0.15, 0.2) is 35.7 Å². The van der Waals surface area contributed by atoms with Crippen molar-refractivity contribution in [2.24, 2.45) is 0 Å². The molecule has 0 radical (unpaired) electrons. The van der Waals surface area contributed by atoms with Crippen LogP contribution in [0.25, 0.3) is 0 Å². The molecule has 6 heteroatoms. The molecule has 1 amide bonds. The Kier molecular flexibility index (Phi) is 6.04. The minimum absolute atomic E-state index is 0.0641. The van der Waals surface area contributed by atoms with E-state index in [-0.39, 0.29) is 11.9 Å². The predicted molar refractivity (Wildman–Crippen MR) is 103 cm³/mol. The molecule has 5 nitrogen and oxygen atoms in total. The van der Waals surface area contributed by atoms with E-state index in [0.717, 1.165) is 44.2 Å². The molecule has 0 saturated carbocycles. The van der Waals surface area contributed by atoms with Gasteiger partial charge in [-0.2, -0.15) is 0 Å². The van der Waals surface area contributed by atoms with Gasteiger partial charge in [0.05, 0.1) is 6.54 Å². The third-order valence-electron chi connectivity index (χ3n) is 4.63. The number of carbonyl (C=O) groups is 1. The summed E-state index contributed by atoms with van der Waals surface area (Å²) in [6.07, 6.45) is 0.925. The summed E-state index contributed by atoms with van der Waals surface area (Å²) in [5, 5.41) is 5.86. The quantitative estimate of drug-likeness (QED) is 0.862. The average molecular weight is 359 g/mol. The Bertz CT molecular complexity index is 680. The van der Waals surface area contributed by atoms with Gasteiger partial charge >= 0.3 is 0 Å². The van der Waals surface area contributed by atoms with Crippen LogP contribution in [-0.2, 0) is 6.54 Å². The van der Waals surface area contributed by atoms with Gasteiger partial charge in [0.1, 0.15) is 10.7 Å². The lowest BCUT2D eigenvalue weighted by atomic mass is 10.2. The van der Waals surface area contributed by atoms with Gasteiger partial charge in [0, 0.05) is 43.3 Å². The summed E-state index contributed by atoms with van der Waals surface area (Å²) < 4.78 is 0. The Morgan fingerprint density at radius 1 is 1.24 bits per heavy atom. The summed E-state index contributed by atoms with van der Waals surface area (Å²) in [5.41, 5.74) is 1.84. The SMILES string of the molecule is CC[C@H](C)NC(=O)c1csc(CN2CCN(c3ccccc3)CC2)n1. The highest BCUT2D eigenvalue weighted by Crippen LogP contribution is 2.18. The topological polar surface area (TPSA) is 48.5 Å². The van der Waals surface area contributed by atoms with Crippen molar-refractivity contribution in [3.63, 3.8) is 0 Å². The molecule has 0 unspecified atom stereocenters. The molecule has 1 N–H and O–H groups in total. The largest absolute Gasteiger partial charge is 0.369 e. The van der Waals surface area contributed by atoms with E-state index >= 15 is 0 Å². The van der Waals surface area contributed by atoms with Crippen LogP contribution in [-0.4, -0.2) is 48.0 Å². The van der Waals surface area contributed by atoms with E-state index in [1.165, 1.54) is 5.69 Å². The lowest BCUT2D eigenvalue weighted by Crippen LogP contribution is -2.45. The number of nitrogens with one attached hydrogen (secondary N) is 1. The van der Waals surface area contributed by atoms with Crippen LogP contribution in [0.3, 0.4) is 0 Å². The lowest BCUT2D eigenvalue weighted by molar-refractivity contribution is 0.0934.